The fourth-order valence-corrected chi connectivity index (χ4v) is 2.55. The quantitative estimate of drug-likeness (QED) is 0.664. The third-order valence-electron chi connectivity index (χ3n) is 3.68. The molecule has 0 unspecified atom stereocenters. The van der Waals surface area contributed by atoms with Crippen LogP contribution in [0.15, 0.2) is 53.5 Å². The molecule has 3 aromatic rings. The fraction of sp³-hybridized carbons (Fsp3) is 0.158. The van der Waals surface area contributed by atoms with Crippen LogP contribution in [0.25, 0.3) is 0 Å². The van der Waals surface area contributed by atoms with Gasteiger partial charge in [-0.1, -0.05) is 41.9 Å². The van der Waals surface area contributed by atoms with Gasteiger partial charge in [-0.05, 0) is 32.0 Å². The number of H-pyrrole nitrogens is 1. The summed E-state index contributed by atoms with van der Waals surface area (Å²) in [4.78, 5) is 4.54. The monoisotopic (exact) mass is 339 g/mol. The third-order valence-corrected chi connectivity index (χ3v) is 4.05. The molecule has 5 heteroatoms. The molecule has 0 aliphatic rings. The number of ether oxygens (including phenoxy) is 1. The van der Waals surface area contributed by atoms with Gasteiger partial charge in [-0.3, -0.25) is 10.1 Å². The Morgan fingerprint density at radius 3 is 2.62 bits per heavy atom. The summed E-state index contributed by atoms with van der Waals surface area (Å²) in [6.07, 6.45) is 1.80. The number of aryl methyl sites for hydroxylation is 2. The van der Waals surface area contributed by atoms with Gasteiger partial charge in [0.2, 0.25) is 0 Å². The Morgan fingerprint density at radius 1 is 1.12 bits per heavy atom. The fourth-order valence-electron chi connectivity index (χ4n) is 2.36. The van der Waals surface area contributed by atoms with Crippen molar-refractivity contribution in [1.29, 1.82) is 0 Å². The molecule has 1 aromatic heterocycles. The van der Waals surface area contributed by atoms with E-state index in [-0.39, 0.29) is 0 Å². The number of hydrogen-bond donors (Lipinski definition) is 1. The summed E-state index contributed by atoms with van der Waals surface area (Å²) in [5.41, 5.74) is 4.53. The molecule has 122 valence electrons. The van der Waals surface area contributed by atoms with E-state index in [9.17, 15) is 0 Å². The maximum absolute atomic E-state index is 6.18. The third kappa shape index (κ3) is 3.66. The zero-order valence-corrected chi connectivity index (χ0v) is 14.3. The highest BCUT2D eigenvalue weighted by atomic mass is 35.5. The highest BCUT2D eigenvalue weighted by Gasteiger charge is 2.06. The van der Waals surface area contributed by atoms with Crippen molar-refractivity contribution in [2.45, 2.75) is 20.5 Å². The van der Waals surface area contributed by atoms with Gasteiger partial charge in [0.1, 0.15) is 18.0 Å². The average molecular weight is 340 g/mol. The number of aromatic nitrogens is 2. The van der Waals surface area contributed by atoms with Crippen LogP contribution in [0.3, 0.4) is 0 Å². The number of benzene rings is 2. The predicted octanol–water partition coefficient (Wildman–Crippen LogP) is 5.01. The Hall–Kier alpha value is -2.59. The van der Waals surface area contributed by atoms with Crippen LogP contribution in [0.5, 0.6) is 5.75 Å². The molecule has 24 heavy (non-hydrogen) atoms. The van der Waals surface area contributed by atoms with Crippen molar-refractivity contribution < 1.29 is 4.74 Å². The average Bonchev–Trinajstić information content (AvgIpc) is 2.91. The minimum Gasteiger partial charge on any atom is -0.488 e. The van der Waals surface area contributed by atoms with Crippen molar-refractivity contribution >= 4 is 23.5 Å². The van der Waals surface area contributed by atoms with Crippen LogP contribution < -0.4 is 4.74 Å². The zero-order valence-electron chi connectivity index (χ0n) is 13.6. The molecule has 4 nitrogen and oxygen atoms in total. The molecule has 0 amide bonds. The van der Waals surface area contributed by atoms with E-state index in [4.69, 9.17) is 16.3 Å². The maximum Gasteiger partial charge on any atom is 0.128 e. The number of hydrogen-bond acceptors (Lipinski definition) is 3. The van der Waals surface area contributed by atoms with Crippen molar-refractivity contribution in [1.82, 2.24) is 10.2 Å². The lowest BCUT2D eigenvalue weighted by Crippen LogP contribution is -1.98. The largest absolute Gasteiger partial charge is 0.488 e. The summed E-state index contributed by atoms with van der Waals surface area (Å²) in [6, 6.07) is 15.5. The van der Waals surface area contributed by atoms with Gasteiger partial charge in [0.25, 0.3) is 0 Å². The van der Waals surface area contributed by atoms with Crippen LogP contribution in [0, 0.1) is 13.8 Å². The Bertz CT molecular complexity index is 851. The van der Waals surface area contributed by atoms with Crippen molar-refractivity contribution in [3.63, 3.8) is 0 Å². The summed E-state index contributed by atoms with van der Waals surface area (Å²) in [5.74, 6) is 0.764. The highest BCUT2D eigenvalue weighted by Crippen LogP contribution is 2.23. The standard InChI is InChI=1S/C19H18ClN3O/c1-13-19(14(2)23-22-13)21-11-15-7-4-6-10-18(15)24-12-16-8-3-5-9-17(16)20/h3-11H,12H2,1-2H3,(H,22,23). The normalized spacial score (nSPS) is 11.1. The molecule has 0 saturated heterocycles. The van der Waals surface area contributed by atoms with Gasteiger partial charge in [0, 0.05) is 22.4 Å². The van der Waals surface area contributed by atoms with Gasteiger partial charge in [0.05, 0.1) is 11.4 Å². The second kappa shape index (κ2) is 7.32. The van der Waals surface area contributed by atoms with Gasteiger partial charge in [-0.25, -0.2) is 0 Å². The summed E-state index contributed by atoms with van der Waals surface area (Å²) in [5, 5.41) is 7.79. The van der Waals surface area contributed by atoms with Gasteiger partial charge >= 0.3 is 0 Å². The van der Waals surface area contributed by atoms with Crippen LogP contribution in [0.4, 0.5) is 5.69 Å². The van der Waals surface area contributed by atoms with E-state index in [1.165, 1.54) is 0 Å². The number of aliphatic imine (C=N–C) groups is 1. The first-order valence-electron chi connectivity index (χ1n) is 7.66. The molecule has 0 radical (unpaired) electrons. The summed E-state index contributed by atoms with van der Waals surface area (Å²) in [7, 11) is 0. The molecule has 0 aliphatic carbocycles. The van der Waals surface area contributed by atoms with E-state index >= 15 is 0 Å². The molecule has 0 saturated carbocycles. The first-order valence-corrected chi connectivity index (χ1v) is 8.04. The lowest BCUT2D eigenvalue weighted by Gasteiger charge is -2.10. The highest BCUT2D eigenvalue weighted by molar-refractivity contribution is 6.31. The maximum atomic E-state index is 6.18. The van der Waals surface area contributed by atoms with Gasteiger partial charge in [-0.2, -0.15) is 5.10 Å². The number of nitrogens with one attached hydrogen (secondary N) is 1. The molecule has 0 bridgehead atoms. The lowest BCUT2D eigenvalue weighted by atomic mass is 10.2. The molecule has 0 fully saturated rings. The molecule has 1 N–H and O–H groups in total. The van der Waals surface area contributed by atoms with E-state index < -0.39 is 0 Å². The molecular weight excluding hydrogens is 322 g/mol. The zero-order chi connectivity index (χ0) is 16.9. The van der Waals surface area contributed by atoms with Crippen LogP contribution in [-0.4, -0.2) is 16.4 Å². The Morgan fingerprint density at radius 2 is 1.88 bits per heavy atom. The minimum atomic E-state index is 0.411. The number of nitrogens with zero attached hydrogens (tertiary/aromatic N) is 2. The van der Waals surface area contributed by atoms with Crippen molar-refractivity contribution in [2.75, 3.05) is 0 Å². The molecule has 0 spiro atoms. The molecule has 1 heterocycles. The summed E-state index contributed by atoms with van der Waals surface area (Å²) in [6.45, 7) is 4.29. The van der Waals surface area contributed by atoms with E-state index in [0.717, 1.165) is 34.0 Å². The van der Waals surface area contributed by atoms with Crippen LogP contribution in [0.1, 0.15) is 22.5 Å². The summed E-state index contributed by atoms with van der Waals surface area (Å²) < 4.78 is 5.94. The number of halogens is 1. The van der Waals surface area contributed by atoms with Gasteiger partial charge < -0.3 is 4.74 Å². The Balaban J connectivity index is 1.80. The summed E-state index contributed by atoms with van der Waals surface area (Å²) >= 11 is 6.18. The number of para-hydroxylation sites is 1. The van der Waals surface area contributed by atoms with E-state index in [1.807, 2.05) is 62.4 Å². The van der Waals surface area contributed by atoms with E-state index in [2.05, 4.69) is 15.2 Å². The van der Waals surface area contributed by atoms with E-state index in [1.54, 1.807) is 6.21 Å². The Kier molecular flexibility index (Phi) is 4.96. The van der Waals surface area contributed by atoms with Gasteiger partial charge in [-0.15, -0.1) is 0 Å². The van der Waals surface area contributed by atoms with Crippen LogP contribution >= 0.6 is 11.6 Å². The predicted molar refractivity (Wildman–Crippen MR) is 97.5 cm³/mol. The molecule has 0 aliphatic heterocycles. The molecule has 0 atom stereocenters. The SMILES string of the molecule is Cc1n[nH]c(C)c1N=Cc1ccccc1OCc1ccccc1Cl. The van der Waals surface area contributed by atoms with Crippen LogP contribution in [-0.2, 0) is 6.61 Å². The number of aromatic amines is 1. The second-order valence-corrected chi connectivity index (χ2v) is 5.87. The Labute approximate surface area is 146 Å². The molecule has 3 rings (SSSR count). The van der Waals surface area contributed by atoms with Crippen molar-refractivity contribution in [2.24, 2.45) is 4.99 Å². The first-order chi connectivity index (χ1) is 11.6. The van der Waals surface area contributed by atoms with Gasteiger partial charge in [0.15, 0.2) is 0 Å². The van der Waals surface area contributed by atoms with Crippen molar-refractivity contribution in [3.8, 4) is 5.75 Å². The smallest absolute Gasteiger partial charge is 0.128 e. The molecular formula is C19H18ClN3O. The second-order valence-electron chi connectivity index (χ2n) is 5.46. The minimum absolute atomic E-state index is 0.411. The van der Waals surface area contributed by atoms with Crippen molar-refractivity contribution in [3.05, 3.63) is 76.1 Å². The lowest BCUT2D eigenvalue weighted by molar-refractivity contribution is 0.306. The van der Waals surface area contributed by atoms with E-state index in [0.29, 0.717) is 11.6 Å². The number of rotatable bonds is 5. The van der Waals surface area contributed by atoms with Crippen LogP contribution in [0.2, 0.25) is 5.02 Å². The topological polar surface area (TPSA) is 50.3 Å². The first kappa shape index (κ1) is 16.3. The molecule has 2 aromatic carbocycles.